The van der Waals surface area contributed by atoms with Gasteiger partial charge >= 0.3 is 11.9 Å². The molecule has 0 saturated carbocycles. The largest absolute Gasteiger partial charge is 0.481 e. The molecule has 0 heterocycles. The summed E-state index contributed by atoms with van der Waals surface area (Å²) in [5.74, 6) is -0.649. The molecule has 0 aromatic carbocycles. The lowest BCUT2D eigenvalue weighted by molar-refractivity contribution is -0.144. The van der Waals surface area contributed by atoms with Crippen molar-refractivity contribution in [3.8, 4) is 0 Å². The first-order chi connectivity index (χ1) is 26.5. The highest BCUT2D eigenvalue weighted by Crippen LogP contribution is 2.20. The summed E-state index contributed by atoms with van der Waals surface area (Å²) in [6, 6.07) is 0. The first-order valence-electron chi connectivity index (χ1n) is 24.9. The van der Waals surface area contributed by atoms with Crippen molar-refractivity contribution in [2.45, 2.75) is 297 Å². The molecule has 4 heteroatoms. The summed E-state index contributed by atoms with van der Waals surface area (Å²) in [5, 5.41) is 9.33. The third-order valence-corrected chi connectivity index (χ3v) is 11.4. The van der Waals surface area contributed by atoms with Crippen LogP contribution in [-0.4, -0.2) is 23.7 Å². The first kappa shape index (κ1) is 55.0. The normalized spacial score (nSPS) is 11.7. The molecule has 0 fully saturated rings. The summed E-state index contributed by atoms with van der Waals surface area (Å²) in [6.45, 7) is 9.63. The number of hydrogen-bond donors (Lipinski definition) is 1. The fourth-order valence-electron chi connectivity index (χ4n) is 7.58. The Morgan fingerprint density at radius 2 is 0.593 bits per heavy atom. The van der Waals surface area contributed by atoms with Gasteiger partial charge in [0.05, 0.1) is 12.5 Å². The van der Waals surface area contributed by atoms with E-state index in [4.69, 9.17) is 4.74 Å². The van der Waals surface area contributed by atoms with Crippen molar-refractivity contribution < 1.29 is 19.4 Å². The van der Waals surface area contributed by atoms with E-state index < -0.39 is 5.97 Å². The number of carboxylic acids is 1. The van der Waals surface area contributed by atoms with Crippen molar-refractivity contribution in [3.05, 3.63) is 0 Å². The van der Waals surface area contributed by atoms with Crippen molar-refractivity contribution >= 4 is 11.9 Å². The summed E-state index contributed by atoms with van der Waals surface area (Å²) >= 11 is 0. The molecule has 1 unspecified atom stereocenters. The van der Waals surface area contributed by atoms with E-state index in [1.807, 2.05) is 0 Å². The Kier molecular flexibility index (Phi) is 50.9. The average Bonchev–Trinajstić information content (AvgIpc) is 3.17. The Morgan fingerprint density at radius 3 is 0.889 bits per heavy atom. The Labute approximate surface area is 340 Å². The quantitative estimate of drug-likeness (QED) is 0.0496. The molecule has 4 nitrogen and oxygen atoms in total. The number of rotatable bonds is 44. The van der Waals surface area contributed by atoms with Crippen LogP contribution >= 0.6 is 0 Å². The summed E-state index contributed by atoms with van der Waals surface area (Å²) in [6.07, 6.45) is 54.0. The topological polar surface area (TPSA) is 63.6 Å². The molecule has 0 amide bonds. The Balaban J connectivity index is 0. The second kappa shape index (κ2) is 50.0. The lowest BCUT2D eigenvalue weighted by atomic mass is 9.94. The second-order valence-corrected chi connectivity index (χ2v) is 17.0. The van der Waals surface area contributed by atoms with Crippen LogP contribution in [0.1, 0.15) is 297 Å². The Morgan fingerprint density at radius 1 is 0.352 bits per heavy atom. The van der Waals surface area contributed by atoms with Gasteiger partial charge < -0.3 is 9.84 Å². The van der Waals surface area contributed by atoms with Crippen LogP contribution in [0.25, 0.3) is 0 Å². The highest BCUT2D eigenvalue weighted by atomic mass is 16.5. The molecular formula is C50H100O4. The van der Waals surface area contributed by atoms with E-state index in [9.17, 15) is 14.7 Å². The highest BCUT2D eigenvalue weighted by molar-refractivity contribution is 5.70. The van der Waals surface area contributed by atoms with Crippen molar-refractivity contribution in [2.24, 2.45) is 5.92 Å². The molecule has 1 N–H and O–H groups in total. The van der Waals surface area contributed by atoms with Crippen LogP contribution in [0, 0.1) is 5.92 Å². The standard InChI is InChI=1S/C26H52O2.C24H48O2/c1-3-5-7-9-11-12-13-14-15-16-17-19-21-23-25-28-26(27)24-22-20-18-10-8-6-4-2;1-3-5-7-9-10-11-12-13-14-15-16-17-18-20-22-23(24(25)26)21-19-8-6-4-2/h3-25H2,1-2H3;23H,3-22H2,1-2H3,(H,25,26). The van der Waals surface area contributed by atoms with Gasteiger partial charge in [0, 0.05) is 6.42 Å². The van der Waals surface area contributed by atoms with Crippen LogP contribution in [-0.2, 0) is 14.3 Å². The van der Waals surface area contributed by atoms with Crippen LogP contribution < -0.4 is 0 Å². The van der Waals surface area contributed by atoms with Crippen molar-refractivity contribution in [3.63, 3.8) is 0 Å². The van der Waals surface area contributed by atoms with Gasteiger partial charge in [-0.05, 0) is 25.7 Å². The predicted octanol–water partition coefficient (Wildman–Crippen LogP) is 17.7. The van der Waals surface area contributed by atoms with Crippen LogP contribution in [0.5, 0.6) is 0 Å². The third-order valence-electron chi connectivity index (χ3n) is 11.4. The molecule has 0 aliphatic heterocycles. The number of esters is 1. The Hall–Kier alpha value is -1.06. The zero-order valence-electron chi connectivity index (χ0n) is 37.7. The molecule has 0 radical (unpaired) electrons. The third kappa shape index (κ3) is 49.0. The van der Waals surface area contributed by atoms with Crippen molar-refractivity contribution in [2.75, 3.05) is 6.61 Å². The number of ether oxygens (including phenoxy) is 1. The minimum Gasteiger partial charge on any atom is -0.481 e. The van der Waals surface area contributed by atoms with Crippen LogP contribution in [0.15, 0.2) is 0 Å². The summed E-state index contributed by atoms with van der Waals surface area (Å²) in [5.41, 5.74) is 0. The van der Waals surface area contributed by atoms with E-state index in [2.05, 4.69) is 27.7 Å². The molecule has 0 spiro atoms. The van der Waals surface area contributed by atoms with Gasteiger partial charge in [-0.2, -0.15) is 0 Å². The van der Waals surface area contributed by atoms with E-state index in [1.54, 1.807) is 0 Å². The SMILES string of the molecule is CCCCCCCCCCCCCCCCC(CCCCCC)C(=O)O.CCCCCCCCCCCCCCCCOC(=O)CCCCCCCCC. The molecule has 0 saturated heterocycles. The maximum atomic E-state index is 11.7. The number of aliphatic carboxylic acids is 1. The van der Waals surface area contributed by atoms with Gasteiger partial charge in [0.2, 0.25) is 0 Å². The van der Waals surface area contributed by atoms with Crippen LogP contribution in [0.2, 0.25) is 0 Å². The second-order valence-electron chi connectivity index (χ2n) is 17.0. The summed E-state index contributed by atoms with van der Waals surface area (Å²) in [4.78, 5) is 23.0. The molecule has 0 bridgehead atoms. The number of carbonyl (C=O) groups is 2. The number of hydrogen-bond acceptors (Lipinski definition) is 3. The van der Waals surface area contributed by atoms with E-state index in [0.29, 0.717) is 13.0 Å². The van der Waals surface area contributed by atoms with Gasteiger partial charge in [0.25, 0.3) is 0 Å². The predicted molar refractivity (Wildman–Crippen MR) is 239 cm³/mol. The number of carboxylic acid groups (broad SMARTS) is 1. The van der Waals surface area contributed by atoms with E-state index in [1.165, 1.54) is 225 Å². The van der Waals surface area contributed by atoms with Crippen molar-refractivity contribution in [1.82, 2.24) is 0 Å². The van der Waals surface area contributed by atoms with Gasteiger partial charge in [-0.1, -0.05) is 265 Å². The molecule has 0 aromatic heterocycles. The fourth-order valence-corrected chi connectivity index (χ4v) is 7.58. The van der Waals surface area contributed by atoms with E-state index in [-0.39, 0.29) is 11.9 Å². The van der Waals surface area contributed by atoms with Crippen LogP contribution in [0.3, 0.4) is 0 Å². The molecular weight excluding hydrogens is 665 g/mol. The van der Waals surface area contributed by atoms with Gasteiger partial charge in [0.1, 0.15) is 0 Å². The smallest absolute Gasteiger partial charge is 0.306 e. The van der Waals surface area contributed by atoms with Crippen LogP contribution in [0.4, 0.5) is 0 Å². The lowest BCUT2D eigenvalue weighted by Crippen LogP contribution is -2.13. The fraction of sp³-hybridized carbons (Fsp3) is 0.960. The number of unbranched alkanes of at least 4 members (excludes halogenated alkanes) is 35. The molecule has 0 aromatic rings. The van der Waals surface area contributed by atoms with E-state index >= 15 is 0 Å². The zero-order chi connectivity index (χ0) is 39.8. The number of carbonyl (C=O) groups excluding carboxylic acids is 1. The maximum absolute atomic E-state index is 11.7. The molecule has 324 valence electrons. The molecule has 54 heavy (non-hydrogen) atoms. The molecule has 0 aliphatic rings. The lowest BCUT2D eigenvalue weighted by Gasteiger charge is -2.12. The minimum absolute atomic E-state index is 0.0169. The molecule has 1 atom stereocenters. The van der Waals surface area contributed by atoms with Gasteiger partial charge in [-0.25, -0.2) is 0 Å². The monoisotopic (exact) mass is 765 g/mol. The van der Waals surface area contributed by atoms with Gasteiger partial charge in [-0.3, -0.25) is 9.59 Å². The zero-order valence-corrected chi connectivity index (χ0v) is 37.7. The Bertz CT molecular complexity index is 707. The minimum atomic E-state index is -0.573. The maximum Gasteiger partial charge on any atom is 0.306 e. The summed E-state index contributed by atoms with van der Waals surface area (Å²) in [7, 11) is 0. The average molecular weight is 765 g/mol. The van der Waals surface area contributed by atoms with Crippen molar-refractivity contribution in [1.29, 1.82) is 0 Å². The summed E-state index contributed by atoms with van der Waals surface area (Å²) < 4.78 is 5.36. The molecule has 0 rings (SSSR count). The van der Waals surface area contributed by atoms with Gasteiger partial charge in [-0.15, -0.1) is 0 Å². The van der Waals surface area contributed by atoms with E-state index in [0.717, 1.165) is 38.5 Å². The molecule has 0 aliphatic carbocycles. The van der Waals surface area contributed by atoms with Gasteiger partial charge in [0.15, 0.2) is 0 Å². The first-order valence-corrected chi connectivity index (χ1v) is 24.9. The highest BCUT2D eigenvalue weighted by Gasteiger charge is 2.16.